The van der Waals surface area contributed by atoms with Crippen LogP contribution in [0.15, 0.2) is 42.7 Å². The van der Waals surface area contributed by atoms with Crippen LogP contribution in [0.2, 0.25) is 0 Å². The molecule has 5 heteroatoms. The Labute approximate surface area is 137 Å². The van der Waals surface area contributed by atoms with Gasteiger partial charge in [-0.25, -0.2) is 9.97 Å². The third kappa shape index (κ3) is 3.50. The van der Waals surface area contributed by atoms with E-state index in [-0.39, 0.29) is 0 Å². The van der Waals surface area contributed by atoms with Crippen LogP contribution in [0.5, 0.6) is 0 Å². The van der Waals surface area contributed by atoms with Gasteiger partial charge in [0.25, 0.3) is 0 Å². The van der Waals surface area contributed by atoms with Crippen molar-refractivity contribution in [1.82, 2.24) is 24.3 Å². The molecule has 1 aromatic carbocycles. The first-order valence-corrected chi connectivity index (χ1v) is 8.09. The van der Waals surface area contributed by atoms with Gasteiger partial charge in [-0.3, -0.25) is 4.68 Å². The van der Waals surface area contributed by atoms with E-state index in [0.29, 0.717) is 5.92 Å². The molecule has 1 atom stereocenters. The van der Waals surface area contributed by atoms with Gasteiger partial charge < -0.3 is 4.57 Å². The van der Waals surface area contributed by atoms with Gasteiger partial charge >= 0.3 is 0 Å². The Morgan fingerprint density at radius 3 is 2.57 bits per heavy atom. The summed E-state index contributed by atoms with van der Waals surface area (Å²) >= 11 is 0. The van der Waals surface area contributed by atoms with Crippen molar-refractivity contribution in [1.29, 1.82) is 0 Å². The molecule has 5 nitrogen and oxygen atoms in total. The van der Waals surface area contributed by atoms with E-state index in [4.69, 9.17) is 0 Å². The molecule has 0 aliphatic carbocycles. The van der Waals surface area contributed by atoms with E-state index in [1.54, 1.807) is 0 Å². The molecule has 0 unspecified atom stereocenters. The van der Waals surface area contributed by atoms with Crippen molar-refractivity contribution in [2.45, 2.75) is 46.2 Å². The summed E-state index contributed by atoms with van der Waals surface area (Å²) in [6.07, 6.45) is 4.96. The fourth-order valence-electron chi connectivity index (χ4n) is 2.95. The highest BCUT2D eigenvalue weighted by molar-refractivity contribution is 5.24. The number of hydrogen-bond donors (Lipinski definition) is 0. The first-order valence-electron chi connectivity index (χ1n) is 8.09. The summed E-state index contributed by atoms with van der Waals surface area (Å²) in [4.78, 5) is 8.91. The van der Waals surface area contributed by atoms with E-state index in [1.165, 1.54) is 5.56 Å². The van der Waals surface area contributed by atoms with Crippen molar-refractivity contribution >= 4 is 0 Å². The van der Waals surface area contributed by atoms with Gasteiger partial charge in [0.1, 0.15) is 17.5 Å². The van der Waals surface area contributed by atoms with Gasteiger partial charge in [0.05, 0.1) is 0 Å². The predicted molar refractivity (Wildman–Crippen MR) is 90.3 cm³/mol. The molecule has 0 aliphatic rings. The average Bonchev–Trinajstić information content (AvgIpc) is 3.14. The van der Waals surface area contributed by atoms with Crippen molar-refractivity contribution in [3.63, 3.8) is 0 Å². The number of hydrogen-bond acceptors (Lipinski definition) is 3. The fraction of sp³-hybridized carbons (Fsp3) is 0.389. The lowest BCUT2D eigenvalue weighted by atomic mass is 10.0. The largest absolute Gasteiger partial charge is 0.334 e. The van der Waals surface area contributed by atoms with Gasteiger partial charge in [0, 0.05) is 31.4 Å². The number of rotatable bonds is 6. The first kappa shape index (κ1) is 15.5. The highest BCUT2D eigenvalue weighted by atomic mass is 15.3. The Kier molecular flexibility index (Phi) is 4.55. The number of nitrogens with zero attached hydrogens (tertiary/aromatic N) is 5. The highest BCUT2D eigenvalue weighted by Crippen LogP contribution is 2.22. The third-order valence-electron chi connectivity index (χ3n) is 4.17. The van der Waals surface area contributed by atoms with Crippen molar-refractivity contribution < 1.29 is 0 Å². The maximum atomic E-state index is 4.57. The summed E-state index contributed by atoms with van der Waals surface area (Å²) in [5.41, 5.74) is 1.29. The lowest BCUT2D eigenvalue weighted by molar-refractivity contribution is 0.503. The minimum Gasteiger partial charge on any atom is -0.334 e. The van der Waals surface area contributed by atoms with Crippen LogP contribution in [0.4, 0.5) is 0 Å². The number of benzene rings is 1. The van der Waals surface area contributed by atoms with Gasteiger partial charge in [-0.2, -0.15) is 5.10 Å². The zero-order valence-corrected chi connectivity index (χ0v) is 14.0. The Balaban J connectivity index is 1.66. The summed E-state index contributed by atoms with van der Waals surface area (Å²) in [5.74, 6) is 3.22. The van der Waals surface area contributed by atoms with Gasteiger partial charge in [0.2, 0.25) is 0 Å². The molecular formula is C18H23N5. The monoisotopic (exact) mass is 309 g/mol. The zero-order valence-electron chi connectivity index (χ0n) is 14.0. The second-order valence-corrected chi connectivity index (χ2v) is 5.89. The molecule has 0 radical (unpaired) electrons. The minimum atomic E-state index is 0.293. The van der Waals surface area contributed by atoms with E-state index < -0.39 is 0 Å². The van der Waals surface area contributed by atoms with Crippen LogP contribution in [-0.2, 0) is 13.1 Å². The molecule has 23 heavy (non-hydrogen) atoms. The summed E-state index contributed by atoms with van der Waals surface area (Å²) in [5, 5.41) is 4.41. The van der Waals surface area contributed by atoms with Gasteiger partial charge in [0.15, 0.2) is 0 Å². The molecule has 2 heterocycles. The van der Waals surface area contributed by atoms with Gasteiger partial charge in [-0.15, -0.1) is 0 Å². The topological polar surface area (TPSA) is 48.5 Å². The number of aromatic nitrogens is 5. The average molecular weight is 309 g/mol. The SMILES string of the molecule is Cc1nc(C)n(CCCn2ccnc2[C@@H](C)c2ccccc2)n1. The lowest BCUT2D eigenvalue weighted by Gasteiger charge is -2.14. The molecule has 0 spiro atoms. The summed E-state index contributed by atoms with van der Waals surface area (Å²) in [7, 11) is 0. The lowest BCUT2D eigenvalue weighted by Crippen LogP contribution is -2.11. The molecule has 0 N–H and O–H groups in total. The number of aryl methyl sites for hydroxylation is 4. The Hall–Kier alpha value is -2.43. The van der Waals surface area contributed by atoms with Crippen LogP contribution in [0.3, 0.4) is 0 Å². The molecule has 3 rings (SSSR count). The summed E-state index contributed by atoms with van der Waals surface area (Å²) < 4.78 is 4.23. The molecule has 2 aromatic heterocycles. The molecule has 0 amide bonds. The van der Waals surface area contributed by atoms with Crippen molar-refractivity contribution in [3.05, 3.63) is 65.8 Å². The maximum Gasteiger partial charge on any atom is 0.147 e. The van der Waals surface area contributed by atoms with Crippen LogP contribution in [-0.4, -0.2) is 24.3 Å². The van der Waals surface area contributed by atoms with Crippen LogP contribution >= 0.6 is 0 Å². The van der Waals surface area contributed by atoms with Crippen LogP contribution in [0.1, 0.15) is 42.3 Å². The van der Waals surface area contributed by atoms with Gasteiger partial charge in [-0.1, -0.05) is 37.3 Å². The van der Waals surface area contributed by atoms with Crippen LogP contribution < -0.4 is 0 Å². The van der Waals surface area contributed by atoms with E-state index in [2.05, 4.69) is 57.0 Å². The predicted octanol–water partition coefficient (Wildman–Crippen LogP) is 3.33. The van der Waals surface area contributed by atoms with Crippen LogP contribution in [0, 0.1) is 13.8 Å². The molecule has 0 saturated heterocycles. The van der Waals surface area contributed by atoms with Crippen molar-refractivity contribution in [3.8, 4) is 0 Å². The molecule has 120 valence electrons. The van der Waals surface area contributed by atoms with Crippen LogP contribution in [0.25, 0.3) is 0 Å². The van der Waals surface area contributed by atoms with E-state index in [9.17, 15) is 0 Å². The summed E-state index contributed by atoms with van der Waals surface area (Å²) in [6.45, 7) is 7.95. The molecule has 0 saturated carbocycles. The smallest absolute Gasteiger partial charge is 0.147 e. The van der Waals surface area contributed by atoms with Crippen molar-refractivity contribution in [2.75, 3.05) is 0 Å². The molecule has 0 bridgehead atoms. The van der Waals surface area contributed by atoms with E-state index in [0.717, 1.165) is 37.0 Å². The molecule has 3 aromatic rings. The normalized spacial score (nSPS) is 12.5. The molecule has 0 fully saturated rings. The zero-order chi connectivity index (χ0) is 16.2. The van der Waals surface area contributed by atoms with E-state index >= 15 is 0 Å². The Morgan fingerprint density at radius 1 is 1.09 bits per heavy atom. The second kappa shape index (κ2) is 6.77. The maximum absolute atomic E-state index is 4.57. The van der Waals surface area contributed by atoms with Gasteiger partial charge in [-0.05, 0) is 25.8 Å². The third-order valence-corrected chi connectivity index (χ3v) is 4.17. The number of imidazole rings is 1. The Bertz CT molecular complexity index is 757. The standard InChI is InChI=1S/C18H23N5/c1-14(17-8-5-4-6-9-17)18-19-10-13-22(18)11-7-12-23-16(3)20-15(2)21-23/h4-6,8-10,13-14H,7,11-12H2,1-3H3/t14-/m0/s1. The second-order valence-electron chi connectivity index (χ2n) is 5.89. The van der Waals surface area contributed by atoms with Crippen molar-refractivity contribution in [2.24, 2.45) is 0 Å². The molecule has 0 aliphatic heterocycles. The Morgan fingerprint density at radius 2 is 1.87 bits per heavy atom. The first-order chi connectivity index (χ1) is 11.1. The highest BCUT2D eigenvalue weighted by Gasteiger charge is 2.13. The minimum absolute atomic E-state index is 0.293. The molecular weight excluding hydrogens is 286 g/mol. The summed E-state index contributed by atoms with van der Waals surface area (Å²) in [6, 6.07) is 10.5. The van der Waals surface area contributed by atoms with E-state index in [1.807, 2.05) is 30.8 Å². The quantitative estimate of drug-likeness (QED) is 0.701. The fourth-order valence-corrected chi connectivity index (χ4v) is 2.95.